The number of benzene rings is 2. The molecule has 2 N–H and O–H groups in total. The van der Waals surface area contributed by atoms with E-state index in [1.54, 1.807) is 7.11 Å². The minimum Gasteiger partial charge on any atom is -0.496 e. The first-order chi connectivity index (χ1) is 13.1. The highest BCUT2D eigenvalue weighted by Gasteiger charge is 2.23. The first-order valence-corrected chi connectivity index (χ1v) is 8.68. The van der Waals surface area contributed by atoms with Gasteiger partial charge in [0.25, 0.3) is 0 Å². The summed E-state index contributed by atoms with van der Waals surface area (Å²) >= 11 is 0. The van der Waals surface area contributed by atoms with Crippen LogP contribution in [0.15, 0.2) is 48.5 Å². The van der Waals surface area contributed by atoms with Crippen molar-refractivity contribution in [2.75, 3.05) is 19.5 Å². The zero-order chi connectivity index (χ0) is 19.4. The van der Waals surface area contributed by atoms with Crippen molar-refractivity contribution in [3.05, 3.63) is 59.8 Å². The first-order valence-electron chi connectivity index (χ1n) is 8.68. The fraction of sp³-hybridized carbons (Fsp3) is 0.182. The molecule has 0 radical (unpaired) electrons. The molecule has 5 nitrogen and oxygen atoms in total. The van der Waals surface area contributed by atoms with Crippen LogP contribution in [0.3, 0.4) is 0 Å². The van der Waals surface area contributed by atoms with Crippen molar-refractivity contribution in [1.82, 2.24) is 4.98 Å². The largest absolute Gasteiger partial charge is 0.496 e. The summed E-state index contributed by atoms with van der Waals surface area (Å²) in [6.07, 6.45) is 0. The number of ether oxygens (including phenoxy) is 2. The summed E-state index contributed by atoms with van der Waals surface area (Å²) in [5.41, 5.74) is 10.3. The molecule has 2 aromatic carbocycles. The van der Waals surface area contributed by atoms with E-state index in [1.807, 2.05) is 62.4 Å². The standard InChI is InChI=1S/C22H21N3O2/c1-4-27-19-12-8-6-10-16(19)21-17(13-23)22(24)25-14(2)20(21)15-9-5-7-11-18(15)26-3/h5-12H,4H2,1-3H3,(H2,24,25). The molecule has 0 amide bonds. The van der Waals surface area contributed by atoms with Gasteiger partial charge in [0.15, 0.2) is 0 Å². The molecule has 5 heteroatoms. The Morgan fingerprint density at radius 2 is 1.59 bits per heavy atom. The average molecular weight is 359 g/mol. The van der Waals surface area contributed by atoms with Crippen molar-refractivity contribution >= 4 is 5.82 Å². The van der Waals surface area contributed by atoms with Gasteiger partial charge >= 0.3 is 0 Å². The lowest BCUT2D eigenvalue weighted by Crippen LogP contribution is -2.05. The Labute approximate surface area is 159 Å². The van der Waals surface area contributed by atoms with E-state index in [0.29, 0.717) is 29.2 Å². The van der Waals surface area contributed by atoms with Gasteiger partial charge in [-0.2, -0.15) is 5.26 Å². The van der Waals surface area contributed by atoms with Crippen LogP contribution in [0.25, 0.3) is 22.3 Å². The molecule has 0 bridgehead atoms. The van der Waals surface area contributed by atoms with Crippen LogP contribution < -0.4 is 15.2 Å². The third kappa shape index (κ3) is 3.30. The number of hydrogen-bond acceptors (Lipinski definition) is 5. The number of nitriles is 1. The molecule has 3 rings (SSSR count). The Morgan fingerprint density at radius 3 is 2.19 bits per heavy atom. The second-order valence-corrected chi connectivity index (χ2v) is 5.95. The van der Waals surface area contributed by atoms with E-state index in [2.05, 4.69) is 11.1 Å². The second kappa shape index (κ2) is 7.79. The van der Waals surface area contributed by atoms with Gasteiger partial charge in [-0.15, -0.1) is 0 Å². The van der Waals surface area contributed by atoms with E-state index in [4.69, 9.17) is 15.2 Å². The number of nitrogens with zero attached hydrogens (tertiary/aromatic N) is 2. The Bertz CT molecular complexity index is 1020. The second-order valence-electron chi connectivity index (χ2n) is 5.95. The van der Waals surface area contributed by atoms with E-state index in [1.165, 1.54) is 0 Å². The van der Waals surface area contributed by atoms with E-state index >= 15 is 0 Å². The third-order valence-corrected chi connectivity index (χ3v) is 4.35. The Morgan fingerprint density at radius 1 is 1.00 bits per heavy atom. The molecule has 136 valence electrons. The van der Waals surface area contributed by atoms with Gasteiger partial charge in [0, 0.05) is 27.9 Å². The molecule has 0 unspecified atom stereocenters. The van der Waals surface area contributed by atoms with Gasteiger partial charge < -0.3 is 15.2 Å². The maximum Gasteiger partial charge on any atom is 0.142 e. The first kappa shape index (κ1) is 18.3. The van der Waals surface area contributed by atoms with Crippen LogP contribution in [0, 0.1) is 18.3 Å². The summed E-state index contributed by atoms with van der Waals surface area (Å²) in [6.45, 7) is 4.32. The number of nitrogens with two attached hydrogens (primary N) is 1. The Hall–Kier alpha value is -3.52. The lowest BCUT2D eigenvalue weighted by molar-refractivity contribution is 0.341. The van der Waals surface area contributed by atoms with Crippen LogP contribution in [0.4, 0.5) is 5.82 Å². The van der Waals surface area contributed by atoms with Gasteiger partial charge in [0.1, 0.15) is 28.9 Å². The van der Waals surface area contributed by atoms with Gasteiger partial charge in [-0.1, -0.05) is 36.4 Å². The van der Waals surface area contributed by atoms with Crippen LogP contribution in [0.5, 0.6) is 11.5 Å². The molecule has 0 aliphatic carbocycles. The number of pyridine rings is 1. The lowest BCUT2D eigenvalue weighted by atomic mass is 9.89. The highest BCUT2D eigenvalue weighted by Crippen LogP contribution is 2.44. The average Bonchev–Trinajstić information content (AvgIpc) is 2.68. The molecule has 27 heavy (non-hydrogen) atoms. The molecule has 0 aliphatic heterocycles. The highest BCUT2D eigenvalue weighted by atomic mass is 16.5. The van der Waals surface area contributed by atoms with E-state index in [-0.39, 0.29) is 5.82 Å². The molecule has 0 atom stereocenters. The molecular weight excluding hydrogens is 338 g/mol. The van der Waals surface area contributed by atoms with Crippen LogP contribution in [-0.4, -0.2) is 18.7 Å². The number of anilines is 1. The SMILES string of the molecule is CCOc1ccccc1-c1c(C#N)c(N)nc(C)c1-c1ccccc1OC. The molecule has 0 aliphatic rings. The smallest absolute Gasteiger partial charge is 0.142 e. The van der Waals surface area contributed by atoms with E-state index < -0.39 is 0 Å². The lowest BCUT2D eigenvalue weighted by Gasteiger charge is -2.19. The van der Waals surface area contributed by atoms with E-state index in [0.717, 1.165) is 22.4 Å². The summed E-state index contributed by atoms with van der Waals surface area (Å²) in [6, 6.07) is 17.5. The molecule has 1 aromatic heterocycles. The fourth-order valence-electron chi connectivity index (χ4n) is 3.24. The van der Waals surface area contributed by atoms with Crippen molar-refractivity contribution in [2.45, 2.75) is 13.8 Å². The molecule has 0 fully saturated rings. The number of methoxy groups -OCH3 is 1. The number of rotatable bonds is 5. The van der Waals surface area contributed by atoms with Crippen LogP contribution in [-0.2, 0) is 0 Å². The van der Waals surface area contributed by atoms with Crippen LogP contribution in [0.1, 0.15) is 18.2 Å². The quantitative estimate of drug-likeness (QED) is 0.721. The summed E-state index contributed by atoms with van der Waals surface area (Å²) in [5, 5.41) is 9.83. The summed E-state index contributed by atoms with van der Waals surface area (Å²) in [7, 11) is 1.62. The monoisotopic (exact) mass is 359 g/mol. The zero-order valence-electron chi connectivity index (χ0n) is 15.6. The van der Waals surface area contributed by atoms with Gasteiger partial charge in [-0.25, -0.2) is 4.98 Å². The number of hydrogen-bond donors (Lipinski definition) is 1. The van der Waals surface area contributed by atoms with Crippen molar-refractivity contribution in [3.63, 3.8) is 0 Å². The third-order valence-electron chi connectivity index (χ3n) is 4.35. The van der Waals surface area contributed by atoms with Gasteiger partial charge in [0.05, 0.1) is 13.7 Å². The normalized spacial score (nSPS) is 10.3. The maximum absolute atomic E-state index is 9.83. The van der Waals surface area contributed by atoms with Crippen molar-refractivity contribution in [1.29, 1.82) is 5.26 Å². The summed E-state index contributed by atoms with van der Waals surface area (Å²) < 4.78 is 11.4. The highest BCUT2D eigenvalue weighted by molar-refractivity contribution is 5.94. The topological polar surface area (TPSA) is 81.2 Å². The number of aromatic nitrogens is 1. The van der Waals surface area contributed by atoms with Crippen molar-refractivity contribution in [3.8, 4) is 39.8 Å². The van der Waals surface area contributed by atoms with Gasteiger partial charge in [-0.3, -0.25) is 0 Å². The molecule has 0 spiro atoms. The molecular formula is C22H21N3O2. The van der Waals surface area contributed by atoms with E-state index in [9.17, 15) is 5.26 Å². The van der Waals surface area contributed by atoms with Crippen molar-refractivity contribution in [2.24, 2.45) is 0 Å². The number of nitrogen functional groups attached to an aromatic ring is 1. The Kier molecular flexibility index (Phi) is 5.28. The van der Waals surface area contributed by atoms with Crippen LogP contribution in [0.2, 0.25) is 0 Å². The minimum absolute atomic E-state index is 0.204. The maximum atomic E-state index is 9.83. The fourth-order valence-corrected chi connectivity index (χ4v) is 3.24. The molecule has 0 saturated heterocycles. The summed E-state index contributed by atoms with van der Waals surface area (Å²) in [5.74, 6) is 1.60. The minimum atomic E-state index is 0.204. The van der Waals surface area contributed by atoms with Gasteiger partial charge in [0.2, 0.25) is 0 Å². The Balaban J connectivity index is 2.45. The predicted molar refractivity (Wildman–Crippen MR) is 107 cm³/mol. The number of aryl methyl sites for hydroxylation is 1. The zero-order valence-corrected chi connectivity index (χ0v) is 15.6. The van der Waals surface area contributed by atoms with Crippen molar-refractivity contribution < 1.29 is 9.47 Å². The molecule has 3 aromatic rings. The van der Waals surface area contributed by atoms with Gasteiger partial charge in [-0.05, 0) is 26.0 Å². The molecule has 1 heterocycles. The number of para-hydroxylation sites is 2. The van der Waals surface area contributed by atoms with Crippen LogP contribution >= 0.6 is 0 Å². The summed E-state index contributed by atoms with van der Waals surface area (Å²) in [4.78, 5) is 4.42. The molecule has 0 saturated carbocycles. The predicted octanol–water partition coefficient (Wildman–Crippen LogP) is 4.59.